The van der Waals surface area contributed by atoms with Crippen LogP contribution in [0, 0.1) is 6.42 Å². The molecule has 3 heteroatoms. The van der Waals surface area contributed by atoms with Crippen molar-refractivity contribution in [1.82, 2.24) is 0 Å². The Bertz CT molecular complexity index is 510. The number of hydrogen-bond acceptors (Lipinski definition) is 2. The number of benzene rings is 1. The maximum absolute atomic E-state index is 11.0. The third-order valence-corrected chi connectivity index (χ3v) is 5.42. The molecule has 0 aliphatic carbocycles. The number of esters is 1. The molecular weight excluding hydrogens is 262 g/mol. The van der Waals surface area contributed by atoms with Crippen LogP contribution < -0.4 is 4.74 Å². The number of ether oxygens (including phenoxy) is 1. The fourth-order valence-electron chi connectivity index (χ4n) is 4.14. The first-order valence-corrected chi connectivity index (χ1v) is 8.02. The van der Waals surface area contributed by atoms with Gasteiger partial charge in [0, 0.05) is 39.0 Å². The van der Waals surface area contributed by atoms with Gasteiger partial charge in [0.25, 0.3) is 0 Å². The van der Waals surface area contributed by atoms with Gasteiger partial charge in [-0.3, -0.25) is 4.79 Å². The highest BCUT2D eigenvalue weighted by Crippen LogP contribution is 2.40. The highest BCUT2D eigenvalue weighted by atomic mass is 16.5. The van der Waals surface area contributed by atoms with Crippen LogP contribution in [0.3, 0.4) is 0 Å². The second-order valence-electron chi connectivity index (χ2n) is 6.71. The fourth-order valence-corrected chi connectivity index (χ4v) is 4.14. The summed E-state index contributed by atoms with van der Waals surface area (Å²) in [6, 6.07) is 9.61. The van der Waals surface area contributed by atoms with Crippen LogP contribution in [0.5, 0.6) is 5.75 Å². The molecule has 2 fully saturated rings. The monoisotopic (exact) mass is 287 g/mol. The normalized spacial score (nSPS) is 31.1. The number of carbonyl (C=O) groups excluding carboxylic acids is 1. The molecule has 0 saturated carbocycles. The minimum Gasteiger partial charge on any atom is -0.427 e. The lowest BCUT2D eigenvalue weighted by atomic mass is 9.98. The Morgan fingerprint density at radius 1 is 1.29 bits per heavy atom. The third-order valence-electron chi connectivity index (χ3n) is 5.42. The first-order chi connectivity index (χ1) is 10.1. The van der Waals surface area contributed by atoms with Gasteiger partial charge in [-0.25, -0.2) is 0 Å². The Morgan fingerprint density at radius 2 is 2.00 bits per heavy atom. The Labute approximate surface area is 127 Å². The Hall–Kier alpha value is -1.35. The van der Waals surface area contributed by atoms with E-state index in [2.05, 4.69) is 19.5 Å². The molecule has 2 bridgehead atoms. The van der Waals surface area contributed by atoms with Crippen molar-refractivity contribution in [3.05, 3.63) is 36.2 Å². The number of fused-ring (bicyclic) bond motifs is 2. The summed E-state index contributed by atoms with van der Waals surface area (Å²) in [5.41, 5.74) is 1.27. The van der Waals surface area contributed by atoms with Gasteiger partial charge < -0.3 is 9.22 Å². The van der Waals surface area contributed by atoms with Gasteiger partial charge in [0.2, 0.25) is 0 Å². The molecule has 3 rings (SSSR count). The van der Waals surface area contributed by atoms with Gasteiger partial charge in [-0.15, -0.1) is 0 Å². The molecule has 3 atom stereocenters. The summed E-state index contributed by atoms with van der Waals surface area (Å²) in [5.74, 6) is 0.411. The molecular formula is C18H25NO2+. The molecule has 1 unspecified atom stereocenters. The number of quaternary nitrogens is 1. The summed E-state index contributed by atoms with van der Waals surface area (Å²) in [4.78, 5) is 11.0. The molecule has 2 saturated heterocycles. The lowest BCUT2D eigenvalue weighted by Gasteiger charge is -2.44. The Morgan fingerprint density at radius 3 is 2.67 bits per heavy atom. The number of nitrogens with zero attached hydrogens (tertiary/aromatic N) is 1. The van der Waals surface area contributed by atoms with Crippen molar-refractivity contribution in [1.29, 1.82) is 0 Å². The third kappa shape index (κ3) is 2.98. The molecule has 2 aliphatic heterocycles. The summed E-state index contributed by atoms with van der Waals surface area (Å²) in [7, 11) is 2.44. The van der Waals surface area contributed by atoms with Crippen molar-refractivity contribution in [2.24, 2.45) is 0 Å². The molecule has 0 amide bonds. The van der Waals surface area contributed by atoms with E-state index in [1.165, 1.54) is 49.2 Å². The van der Waals surface area contributed by atoms with Crippen LogP contribution in [-0.2, 0) is 11.2 Å². The van der Waals surface area contributed by atoms with Gasteiger partial charge in [0.1, 0.15) is 5.75 Å². The van der Waals surface area contributed by atoms with Crippen LogP contribution in [0.15, 0.2) is 24.3 Å². The maximum atomic E-state index is 11.0. The predicted molar refractivity (Wildman–Crippen MR) is 82.9 cm³/mol. The summed E-state index contributed by atoms with van der Waals surface area (Å²) in [5, 5.41) is 0. The topological polar surface area (TPSA) is 26.3 Å². The second kappa shape index (κ2) is 5.80. The number of carbonyl (C=O) groups is 1. The van der Waals surface area contributed by atoms with Crippen LogP contribution in [0.2, 0.25) is 0 Å². The number of hydrogen-bond donors (Lipinski definition) is 0. The van der Waals surface area contributed by atoms with Crippen molar-refractivity contribution in [3.8, 4) is 5.75 Å². The smallest absolute Gasteiger partial charge is 0.308 e. The lowest BCUT2D eigenvalue weighted by Crippen LogP contribution is -2.56. The van der Waals surface area contributed by atoms with Crippen molar-refractivity contribution in [2.75, 3.05) is 13.6 Å². The summed E-state index contributed by atoms with van der Waals surface area (Å²) < 4.78 is 6.41. The molecule has 0 N–H and O–H groups in total. The van der Waals surface area contributed by atoms with Crippen LogP contribution in [0.1, 0.15) is 38.2 Å². The molecule has 113 valence electrons. The van der Waals surface area contributed by atoms with Crippen molar-refractivity contribution >= 4 is 5.97 Å². The van der Waals surface area contributed by atoms with E-state index in [9.17, 15) is 4.79 Å². The van der Waals surface area contributed by atoms with Gasteiger partial charge >= 0.3 is 5.97 Å². The molecule has 1 aromatic carbocycles. The van der Waals surface area contributed by atoms with E-state index in [-0.39, 0.29) is 5.97 Å². The maximum Gasteiger partial charge on any atom is 0.308 e. The van der Waals surface area contributed by atoms with E-state index in [0.717, 1.165) is 18.5 Å². The standard InChI is InChI=1S/C18H25NO2/c1-14(20)21-18-8-3-5-15(13-18)11-12-19(2)16-6-4-7-17(19)10-9-16/h3-5,8,13,16-17H,6-7,9-12H2,1-2H3/q+1/t16-,17+,19?. The first-order valence-electron chi connectivity index (χ1n) is 8.02. The van der Waals surface area contributed by atoms with Crippen LogP contribution in [0.4, 0.5) is 0 Å². The Balaban J connectivity index is 1.66. The van der Waals surface area contributed by atoms with E-state index < -0.39 is 0 Å². The average Bonchev–Trinajstić information content (AvgIpc) is 2.65. The first kappa shape index (κ1) is 14.6. The van der Waals surface area contributed by atoms with E-state index >= 15 is 0 Å². The minimum atomic E-state index is -0.254. The number of piperidine rings is 1. The zero-order chi connectivity index (χ0) is 14.9. The molecule has 0 aromatic heterocycles. The summed E-state index contributed by atoms with van der Waals surface area (Å²) >= 11 is 0. The lowest BCUT2D eigenvalue weighted by molar-refractivity contribution is -0.946. The molecule has 2 aliphatic rings. The molecule has 21 heavy (non-hydrogen) atoms. The summed E-state index contributed by atoms with van der Waals surface area (Å²) in [6.45, 7) is 2.63. The SMILES string of the molecule is CC(=O)Oc1cccc(CC[N+]2(C)[C@@H]3C[CH]C[C@H]2CC3)c1. The Kier molecular flexibility index (Phi) is 4.03. The summed E-state index contributed by atoms with van der Waals surface area (Å²) in [6.07, 6.45) is 8.86. The molecule has 2 heterocycles. The van der Waals surface area contributed by atoms with Gasteiger partial charge in [-0.1, -0.05) is 12.1 Å². The minimum absolute atomic E-state index is 0.254. The van der Waals surface area contributed by atoms with E-state index in [4.69, 9.17) is 4.74 Å². The van der Waals surface area contributed by atoms with Gasteiger partial charge in [-0.05, 0) is 24.1 Å². The molecule has 0 spiro atoms. The van der Waals surface area contributed by atoms with Gasteiger partial charge in [0.05, 0.1) is 25.7 Å². The van der Waals surface area contributed by atoms with Gasteiger partial charge in [-0.2, -0.15) is 0 Å². The van der Waals surface area contributed by atoms with Crippen molar-refractivity contribution in [3.63, 3.8) is 0 Å². The number of likely N-dealkylation sites (N-methyl/N-ethyl adjacent to an activating group) is 1. The highest BCUT2D eigenvalue weighted by molar-refractivity contribution is 5.69. The average molecular weight is 287 g/mol. The van der Waals surface area contributed by atoms with Crippen LogP contribution in [0.25, 0.3) is 0 Å². The van der Waals surface area contributed by atoms with Crippen molar-refractivity contribution in [2.45, 2.75) is 51.1 Å². The highest BCUT2D eigenvalue weighted by Gasteiger charge is 2.47. The largest absolute Gasteiger partial charge is 0.427 e. The predicted octanol–water partition coefficient (Wildman–Crippen LogP) is 3.13. The quantitative estimate of drug-likeness (QED) is 0.483. The van der Waals surface area contributed by atoms with Crippen LogP contribution >= 0.6 is 0 Å². The molecule has 1 aromatic rings. The molecule has 1 radical (unpaired) electrons. The second-order valence-corrected chi connectivity index (χ2v) is 6.71. The van der Waals surface area contributed by atoms with Crippen LogP contribution in [-0.4, -0.2) is 36.1 Å². The zero-order valence-electron chi connectivity index (χ0n) is 13.0. The van der Waals surface area contributed by atoms with Gasteiger partial charge in [0.15, 0.2) is 0 Å². The van der Waals surface area contributed by atoms with E-state index in [1.807, 2.05) is 18.2 Å². The molecule has 3 nitrogen and oxygen atoms in total. The van der Waals surface area contributed by atoms with E-state index in [1.54, 1.807) is 0 Å². The zero-order valence-corrected chi connectivity index (χ0v) is 13.0. The van der Waals surface area contributed by atoms with E-state index in [0.29, 0.717) is 5.75 Å². The fraction of sp³-hybridized carbons (Fsp3) is 0.556. The number of rotatable bonds is 4. The van der Waals surface area contributed by atoms with Crippen molar-refractivity contribution < 1.29 is 14.0 Å².